The van der Waals surface area contributed by atoms with Crippen molar-refractivity contribution in [2.24, 2.45) is 0 Å². The van der Waals surface area contributed by atoms with Crippen LogP contribution in [0.5, 0.6) is 11.5 Å². The van der Waals surface area contributed by atoms with Crippen molar-refractivity contribution in [1.29, 1.82) is 0 Å². The summed E-state index contributed by atoms with van der Waals surface area (Å²) >= 11 is 0. The van der Waals surface area contributed by atoms with Crippen LogP contribution in [0.25, 0.3) is 0 Å². The molecule has 3 rings (SSSR count). The van der Waals surface area contributed by atoms with Crippen LogP contribution in [-0.2, 0) is 0 Å². The van der Waals surface area contributed by atoms with E-state index >= 15 is 0 Å². The lowest BCUT2D eigenvalue weighted by molar-refractivity contribution is 0.0786. The fourth-order valence-corrected chi connectivity index (χ4v) is 2.89. The molecule has 1 saturated heterocycles. The first-order valence-corrected chi connectivity index (χ1v) is 8.24. The van der Waals surface area contributed by atoms with Crippen molar-refractivity contribution in [3.8, 4) is 11.5 Å². The molecule has 25 heavy (non-hydrogen) atoms. The number of amides is 1. The fourth-order valence-electron chi connectivity index (χ4n) is 2.89. The molecule has 0 aliphatic carbocycles. The van der Waals surface area contributed by atoms with Gasteiger partial charge in [-0.2, -0.15) is 0 Å². The summed E-state index contributed by atoms with van der Waals surface area (Å²) in [6.07, 6.45) is 2.10. The van der Waals surface area contributed by atoms with E-state index in [0.29, 0.717) is 28.8 Å². The molecule has 0 spiro atoms. The van der Waals surface area contributed by atoms with E-state index in [9.17, 15) is 4.79 Å². The molecule has 0 radical (unpaired) electrons. The van der Waals surface area contributed by atoms with E-state index in [0.717, 1.165) is 31.6 Å². The van der Waals surface area contributed by atoms with Crippen LogP contribution >= 0.6 is 0 Å². The van der Waals surface area contributed by atoms with Gasteiger partial charge in [0.25, 0.3) is 5.91 Å². The van der Waals surface area contributed by atoms with Crippen molar-refractivity contribution in [2.75, 3.05) is 32.6 Å². The molecule has 2 heterocycles. The average Bonchev–Trinajstić information content (AvgIpc) is 3.15. The number of ether oxygens (including phenoxy) is 2. The molecule has 2 aromatic rings. The van der Waals surface area contributed by atoms with Crippen LogP contribution in [0.1, 0.15) is 29.2 Å². The van der Waals surface area contributed by atoms with Crippen LogP contribution in [0.2, 0.25) is 0 Å². The highest BCUT2D eigenvalue weighted by Gasteiger charge is 2.21. The van der Waals surface area contributed by atoms with Crippen molar-refractivity contribution in [1.82, 2.24) is 14.9 Å². The summed E-state index contributed by atoms with van der Waals surface area (Å²) in [5.41, 5.74) is 1.20. The maximum Gasteiger partial charge on any atom is 0.272 e. The lowest BCUT2D eigenvalue weighted by atomic mass is 10.2. The number of nitrogens with one attached hydrogen (secondary N) is 1. The van der Waals surface area contributed by atoms with Gasteiger partial charge in [0.05, 0.1) is 14.2 Å². The molecule has 1 N–H and O–H groups in total. The molecule has 0 saturated carbocycles. The largest absolute Gasteiger partial charge is 0.493 e. The molecule has 1 aromatic heterocycles. The van der Waals surface area contributed by atoms with Crippen molar-refractivity contribution in [3.63, 3.8) is 0 Å². The third-order valence-corrected chi connectivity index (χ3v) is 4.11. The first-order valence-electron chi connectivity index (χ1n) is 8.24. The average molecular weight is 342 g/mol. The van der Waals surface area contributed by atoms with E-state index in [1.807, 2.05) is 23.1 Å². The third-order valence-electron chi connectivity index (χ3n) is 4.11. The lowest BCUT2D eigenvalue weighted by Crippen LogP contribution is -2.28. The SMILES string of the molecule is COc1ccc(Nc2cc(C(=O)N3CCCC3)nc(C)n2)cc1OC. The first-order chi connectivity index (χ1) is 12.1. The number of rotatable bonds is 5. The minimum absolute atomic E-state index is 0.0432. The van der Waals surface area contributed by atoms with Crippen LogP contribution in [0, 0.1) is 6.92 Å². The summed E-state index contributed by atoms with van der Waals surface area (Å²) in [5.74, 6) is 2.34. The molecular weight excluding hydrogens is 320 g/mol. The van der Waals surface area contributed by atoms with Gasteiger partial charge in [-0.25, -0.2) is 9.97 Å². The quantitative estimate of drug-likeness (QED) is 0.900. The molecule has 1 aliphatic heterocycles. The highest BCUT2D eigenvalue weighted by molar-refractivity contribution is 5.93. The molecule has 7 heteroatoms. The van der Waals surface area contributed by atoms with E-state index in [1.54, 1.807) is 27.2 Å². The standard InChI is InChI=1S/C18H22N4O3/c1-12-19-14(18(23)22-8-4-5-9-22)11-17(20-12)21-13-6-7-15(24-2)16(10-13)25-3/h6-7,10-11H,4-5,8-9H2,1-3H3,(H,19,20,21). The van der Waals surface area contributed by atoms with E-state index in [1.165, 1.54) is 0 Å². The highest BCUT2D eigenvalue weighted by atomic mass is 16.5. The van der Waals surface area contributed by atoms with Crippen molar-refractivity contribution >= 4 is 17.4 Å². The number of aromatic nitrogens is 2. The first kappa shape index (κ1) is 17.0. The van der Waals surface area contributed by atoms with Gasteiger partial charge in [-0.15, -0.1) is 0 Å². The van der Waals surface area contributed by atoms with Gasteiger partial charge in [0, 0.05) is 30.9 Å². The van der Waals surface area contributed by atoms with Crippen LogP contribution in [0.15, 0.2) is 24.3 Å². The summed E-state index contributed by atoms with van der Waals surface area (Å²) in [5, 5.41) is 3.20. The van der Waals surface area contributed by atoms with Crippen molar-refractivity contribution < 1.29 is 14.3 Å². The monoisotopic (exact) mass is 342 g/mol. The summed E-state index contributed by atoms with van der Waals surface area (Å²) < 4.78 is 10.5. The Morgan fingerprint density at radius 2 is 1.80 bits per heavy atom. The Labute approximate surface area is 147 Å². The normalized spacial score (nSPS) is 13.6. The molecule has 1 fully saturated rings. The minimum atomic E-state index is -0.0432. The van der Waals surface area contributed by atoms with E-state index < -0.39 is 0 Å². The zero-order chi connectivity index (χ0) is 17.8. The molecule has 1 aromatic carbocycles. The number of anilines is 2. The van der Waals surface area contributed by atoms with E-state index in [-0.39, 0.29) is 5.91 Å². The number of hydrogen-bond donors (Lipinski definition) is 1. The molecule has 0 atom stereocenters. The van der Waals surface area contributed by atoms with E-state index in [2.05, 4.69) is 15.3 Å². The van der Waals surface area contributed by atoms with Crippen molar-refractivity contribution in [2.45, 2.75) is 19.8 Å². The number of nitrogens with zero attached hydrogens (tertiary/aromatic N) is 3. The van der Waals surface area contributed by atoms with Crippen LogP contribution in [0.3, 0.4) is 0 Å². The number of methoxy groups -OCH3 is 2. The fraction of sp³-hybridized carbons (Fsp3) is 0.389. The second-order valence-electron chi connectivity index (χ2n) is 5.88. The number of aryl methyl sites for hydroxylation is 1. The van der Waals surface area contributed by atoms with Gasteiger partial charge >= 0.3 is 0 Å². The smallest absolute Gasteiger partial charge is 0.272 e. The molecule has 0 unspecified atom stereocenters. The Kier molecular flexibility index (Phi) is 5.02. The maximum atomic E-state index is 12.6. The number of carbonyl (C=O) groups excluding carboxylic acids is 1. The zero-order valence-electron chi connectivity index (χ0n) is 14.7. The second kappa shape index (κ2) is 7.38. The Hall–Kier alpha value is -2.83. The minimum Gasteiger partial charge on any atom is -0.493 e. The van der Waals surface area contributed by atoms with Gasteiger partial charge in [-0.1, -0.05) is 0 Å². The Morgan fingerprint density at radius 3 is 2.48 bits per heavy atom. The van der Waals surface area contributed by atoms with E-state index in [4.69, 9.17) is 9.47 Å². The summed E-state index contributed by atoms with van der Waals surface area (Å²) in [4.78, 5) is 23.1. The predicted molar refractivity (Wildman–Crippen MR) is 94.7 cm³/mol. The highest BCUT2D eigenvalue weighted by Crippen LogP contribution is 2.31. The van der Waals surface area contributed by atoms with Crippen LogP contribution in [0.4, 0.5) is 11.5 Å². The Morgan fingerprint density at radius 1 is 1.08 bits per heavy atom. The van der Waals surface area contributed by atoms with Gasteiger partial charge < -0.3 is 19.7 Å². The number of carbonyl (C=O) groups is 1. The number of likely N-dealkylation sites (tertiary alicyclic amines) is 1. The topological polar surface area (TPSA) is 76.6 Å². The maximum absolute atomic E-state index is 12.6. The second-order valence-corrected chi connectivity index (χ2v) is 5.88. The molecule has 1 amide bonds. The van der Waals surface area contributed by atoms with Gasteiger partial charge in [0.1, 0.15) is 17.3 Å². The molecule has 132 valence electrons. The summed E-state index contributed by atoms with van der Waals surface area (Å²) in [6.45, 7) is 3.36. The third kappa shape index (κ3) is 3.81. The molecule has 1 aliphatic rings. The Bertz CT molecular complexity index is 773. The molecule has 0 bridgehead atoms. The van der Waals surface area contributed by atoms with Crippen LogP contribution in [-0.4, -0.2) is 48.1 Å². The molecule has 7 nitrogen and oxygen atoms in total. The zero-order valence-corrected chi connectivity index (χ0v) is 14.7. The van der Waals surface area contributed by atoms with Gasteiger partial charge in [-0.05, 0) is 31.9 Å². The lowest BCUT2D eigenvalue weighted by Gasteiger charge is -2.16. The van der Waals surface area contributed by atoms with Gasteiger partial charge in [-0.3, -0.25) is 4.79 Å². The number of hydrogen-bond acceptors (Lipinski definition) is 6. The van der Waals surface area contributed by atoms with Crippen molar-refractivity contribution in [3.05, 3.63) is 35.8 Å². The van der Waals surface area contributed by atoms with Gasteiger partial charge in [0.15, 0.2) is 11.5 Å². The number of benzene rings is 1. The molecular formula is C18H22N4O3. The Balaban J connectivity index is 1.84. The summed E-state index contributed by atoms with van der Waals surface area (Å²) in [6, 6.07) is 7.18. The predicted octanol–water partition coefficient (Wildman–Crippen LogP) is 2.78. The summed E-state index contributed by atoms with van der Waals surface area (Å²) in [7, 11) is 3.18. The van der Waals surface area contributed by atoms with Crippen LogP contribution < -0.4 is 14.8 Å². The van der Waals surface area contributed by atoms with Gasteiger partial charge in [0.2, 0.25) is 0 Å².